The first-order chi connectivity index (χ1) is 14.3. The second-order valence-corrected chi connectivity index (χ2v) is 6.89. The lowest BCUT2D eigenvalue weighted by atomic mass is 10.1. The monoisotopic (exact) mass is 438 g/mol. The van der Waals surface area contributed by atoms with Gasteiger partial charge in [0.05, 0.1) is 18.4 Å². The Labute approximate surface area is 178 Å². The van der Waals surface area contributed by atoms with Crippen molar-refractivity contribution in [3.8, 4) is 17.1 Å². The van der Waals surface area contributed by atoms with Gasteiger partial charge >= 0.3 is 6.18 Å². The SMILES string of the molecule is CC.Cn1cc(C(F)(F)F)nc1-c1ccc(CN2CCOc3cnc(Cl)cc32)cc1. The van der Waals surface area contributed by atoms with Crippen molar-refractivity contribution in [2.45, 2.75) is 26.6 Å². The van der Waals surface area contributed by atoms with Crippen LogP contribution in [-0.4, -0.2) is 27.7 Å². The van der Waals surface area contributed by atoms with E-state index < -0.39 is 11.9 Å². The van der Waals surface area contributed by atoms with Crippen LogP contribution in [0, 0.1) is 0 Å². The van der Waals surface area contributed by atoms with E-state index in [4.69, 9.17) is 16.3 Å². The molecule has 0 radical (unpaired) electrons. The zero-order chi connectivity index (χ0) is 21.9. The molecule has 3 heterocycles. The minimum Gasteiger partial charge on any atom is -0.488 e. The molecular formula is C21H22ClF3N4O. The number of rotatable bonds is 3. The van der Waals surface area contributed by atoms with Gasteiger partial charge in [0.2, 0.25) is 0 Å². The average Bonchev–Trinajstić information content (AvgIpc) is 3.13. The summed E-state index contributed by atoms with van der Waals surface area (Å²) in [5.74, 6) is 0.952. The molecule has 1 aliphatic heterocycles. The Kier molecular flexibility index (Phi) is 6.55. The van der Waals surface area contributed by atoms with Gasteiger partial charge in [-0.3, -0.25) is 0 Å². The Morgan fingerprint density at radius 3 is 2.50 bits per heavy atom. The van der Waals surface area contributed by atoms with Crippen molar-refractivity contribution in [1.82, 2.24) is 14.5 Å². The van der Waals surface area contributed by atoms with Crippen molar-refractivity contribution >= 4 is 17.3 Å². The average molecular weight is 439 g/mol. The molecule has 1 aliphatic rings. The van der Waals surface area contributed by atoms with Crippen molar-refractivity contribution in [3.63, 3.8) is 0 Å². The number of ether oxygens (including phenoxy) is 1. The molecule has 1 aromatic carbocycles. The number of alkyl halides is 3. The van der Waals surface area contributed by atoms with Crippen LogP contribution in [0.5, 0.6) is 5.75 Å². The molecule has 0 atom stereocenters. The van der Waals surface area contributed by atoms with E-state index in [1.807, 2.05) is 26.0 Å². The minimum atomic E-state index is -4.46. The molecule has 0 fully saturated rings. The fourth-order valence-electron chi connectivity index (χ4n) is 3.17. The largest absolute Gasteiger partial charge is 0.488 e. The van der Waals surface area contributed by atoms with Crippen molar-refractivity contribution < 1.29 is 17.9 Å². The van der Waals surface area contributed by atoms with Gasteiger partial charge in [-0.05, 0) is 5.56 Å². The molecule has 0 amide bonds. The fraction of sp³-hybridized carbons (Fsp3) is 0.333. The third-order valence-corrected chi connectivity index (χ3v) is 4.73. The molecule has 5 nitrogen and oxygen atoms in total. The lowest BCUT2D eigenvalue weighted by Gasteiger charge is -2.31. The van der Waals surface area contributed by atoms with E-state index in [1.165, 1.54) is 4.57 Å². The molecule has 0 N–H and O–H groups in total. The van der Waals surface area contributed by atoms with Gasteiger partial charge in [0, 0.05) is 31.4 Å². The number of aromatic nitrogens is 3. The van der Waals surface area contributed by atoms with E-state index in [0.29, 0.717) is 36.2 Å². The number of fused-ring (bicyclic) bond motifs is 1. The molecular weight excluding hydrogens is 417 g/mol. The number of imidazole rings is 1. The van der Waals surface area contributed by atoms with Crippen LogP contribution < -0.4 is 9.64 Å². The summed E-state index contributed by atoms with van der Waals surface area (Å²) in [6, 6.07) is 9.08. The standard InChI is InChI=1S/C19H16ClF3N4O.C2H6/c1-26-11-16(19(21,22)23)25-18(26)13-4-2-12(3-5-13)10-27-6-7-28-15-9-24-17(20)8-14(15)27;1-2/h2-5,8-9,11H,6-7,10H2,1H3;1-2H3. The third kappa shape index (κ3) is 4.70. The van der Waals surface area contributed by atoms with Crippen LogP contribution in [0.15, 0.2) is 42.7 Å². The predicted octanol–water partition coefficient (Wildman–Crippen LogP) is 5.58. The first kappa shape index (κ1) is 22.0. The summed E-state index contributed by atoms with van der Waals surface area (Å²) in [7, 11) is 1.55. The van der Waals surface area contributed by atoms with E-state index in [2.05, 4.69) is 14.9 Å². The molecule has 2 aromatic heterocycles. The fourth-order valence-corrected chi connectivity index (χ4v) is 3.32. The molecule has 3 aromatic rings. The number of pyridine rings is 1. The Bertz CT molecular complexity index is 1000. The molecule has 30 heavy (non-hydrogen) atoms. The molecule has 4 rings (SSSR count). The van der Waals surface area contributed by atoms with Crippen molar-refractivity contribution in [2.24, 2.45) is 7.05 Å². The molecule has 0 saturated heterocycles. The zero-order valence-corrected chi connectivity index (χ0v) is 17.6. The van der Waals surface area contributed by atoms with Gasteiger partial charge in [0.25, 0.3) is 0 Å². The quantitative estimate of drug-likeness (QED) is 0.501. The van der Waals surface area contributed by atoms with Gasteiger partial charge in [0.15, 0.2) is 11.4 Å². The van der Waals surface area contributed by atoms with Crippen LogP contribution in [0.1, 0.15) is 25.1 Å². The van der Waals surface area contributed by atoms with E-state index in [9.17, 15) is 13.2 Å². The molecule has 0 saturated carbocycles. The van der Waals surface area contributed by atoms with Crippen LogP contribution in [0.2, 0.25) is 5.15 Å². The molecule has 0 bridgehead atoms. The Morgan fingerprint density at radius 1 is 1.17 bits per heavy atom. The lowest BCUT2D eigenvalue weighted by Crippen LogP contribution is -2.32. The summed E-state index contributed by atoms with van der Waals surface area (Å²) in [5.41, 5.74) is 1.60. The molecule has 160 valence electrons. The summed E-state index contributed by atoms with van der Waals surface area (Å²) in [5, 5.41) is 0.389. The van der Waals surface area contributed by atoms with Gasteiger partial charge in [0.1, 0.15) is 17.6 Å². The van der Waals surface area contributed by atoms with Gasteiger partial charge in [-0.2, -0.15) is 13.2 Å². The smallest absolute Gasteiger partial charge is 0.434 e. The highest BCUT2D eigenvalue weighted by atomic mass is 35.5. The van der Waals surface area contributed by atoms with E-state index in [0.717, 1.165) is 17.4 Å². The summed E-state index contributed by atoms with van der Waals surface area (Å²) < 4.78 is 45.6. The van der Waals surface area contributed by atoms with Crippen LogP contribution >= 0.6 is 11.6 Å². The van der Waals surface area contributed by atoms with E-state index in [1.54, 1.807) is 31.4 Å². The van der Waals surface area contributed by atoms with E-state index in [-0.39, 0.29) is 5.82 Å². The molecule has 0 spiro atoms. The first-order valence-corrected chi connectivity index (χ1v) is 9.92. The molecule has 0 aliphatic carbocycles. The highest BCUT2D eigenvalue weighted by molar-refractivity contribution is 6.29. The number of nitrogens with zero attached hydrogens (tertiary/aromatic N) is 4. The lowest BCUT2D eigenvalue weighted by molar-refractivity contribution is -0.140. The number of anilines is 1. The predicted molar refractivity (Wildman–Crippen MR) is 111 cm³/mol. The number of hydrogen-bond acceptors (Lipinski definition) is 4. The van der Waals surface area contributed by atoms with Gasteiger partial charge in [-0.1, -0.05) is 49.7 Å². The summed E-state index contributed by atoms with van der Waals surface area (Å²) in [6.45, 7) is 5.86. The van der Waals surface area contributed by atoms with Gasteiger partial charge in [-0.25, -0.2) is 9.97 Å². The van der Waals surface area contributed by atoms with Crippen LogP contribution in [0.4, 0.5) is 18.9 Å². The highest BCUT2D eigenvalue weighted by Crippen LogP contribution is 2.34. The van der Waals surface area contributed by atoms with Gasteiger partial charge < -0.3 is 14.2 Å². The number of halogens is 4. The third-order valence-electron chi connectivity index (χ3n) is 4.53. The Morgan fingerprint density at radius 2 is 1.87 bits per heavy atom. The van der Waals surface area contributed by atoms with Crippen molar-refractivity contribution in [3.05, 3.63) is 59.1 Å². The Hall–Kier alpha value is -2.74. The minimum absolute atomic E-state index is 0.272. The van der Waals surface area contributed by atoms with Crippen LogP contribution in [0.3, 0.4) is 0 Å². The number of benzene rings is 1. The number of aryl methyl sites for hydroxylation is 1. The molecule has 0 unspecified atom stereocenters. The van der Waals surface area contributed by atoms with Gasteiger partial charge in [-0.15, -0.1) is 0 Å². The summed E-state index contributed by atoms with van der Waals surface area (Å²) in [4.78, 5) is 9.89. The topological polar surface area (TPSA) is 43.2 Å². The summed E-state index contributed by atoms with van der Waals surface area (Å²) in [6.07, 6.45) is -1.87. The van der Waals surface area contributed by atoms with Crippen LogP contribution in [-0.2, 0) is 19.8 Å². The maximum atomic E-state index is 12.9. The van der Waals surface area contributed by atoms with Crippen molar-refractivity contribution in [2.75, 3.05) is 18.1 Å². The number of hydrogen-bond donors (Lipinski definition) is 0. The first-order valence-electron chi connectivity index (χ1n) is 9.54. The van der Waals surface area contributed by atoms with Crippen molar-refractivity contribution in [1.29, 1.82) is 0 Å². The highest BCUT2D eigenvalue weighted by Gasteiger charge is 2.34. The summed E-state index contributed by atoms with van der Waals surface area (Å²) >= 11 is 6.00. The maximum Gasteiger partial charge on any atom is 0.434 e. The Balaban J connectivity index is 0.00000124. The second kappa shape index (κ2) is 8.95. The van der Waals surface area contributed by atoms with Crippen LogP contribution in [0.25, 0.3) is 11.4 Å². The van der Waals surface area contributed by atoms with E-state index >= 15 is 0 Å². The zero-order valence-electron chi connectivity index (χ0n) is 16.9. The maximum absolute atomic E-state index is 12.9. The normalized spacial score (nSPS) is 13.2. The second-order valence-electron chi connectivity index (χ2n) is 6.50. The molecule has 9 heteroatoms.